The van der Waals surface area contributed by atoms with E-state index in [9.17, 15) is 13.5 Å². The standard InChI is InChI=1S/C18H19N3O3S/c1-11(2)13-6-9-16-15(10-13)17(18(22)19-16)20-21-25(23,24)14-7-4-12(3)5-8-14/h4-11,19,22H,1-3H3. The average Bonchev–Trinajstić information content (AvgIpc) is 2.87. The Morgan fingerprint density at radius 3 is 2.40 bits per heavy atom. The van der Waals surface area contributed by atoms with E-state index in [1.807, 2.05) is 25.1 Å². The van der Waals surface area contributed by atoms with Crippen molar-refractivity contribution in [2.24, 2.45) is 9.63 Å². The third-order valence-electron chi connectivity index (χ3n) is 4.01. The number of hydrogen-bond donors (Lipinski definition) is 2. The number of nitrogens with zero attached hydrogens (tertiary/aromatic N) is 2. The lowest BCUT2D eigenvalue weighted by Crippen LogP contribution is -1.95. The van der Waals surface area contributed by atoms with Crippen LogP contribution in [0.5, 0.6) is 5.88 Å². The number of hydrogen-bond acceptors (Lipinski definition) is 4. The van der Waals surface area contributed by atoms with Crippen molar-refractivity contribution in [3.8, 4) is 5.88 Å². The summed E-state index contributed by atoms with van der Waals surface area (Å²) < 4.78 is 28.1. The minimum atomic E-state index is -3.93. The first-order valence-corrected chi connectivity index (χ1v) is 9.31. The van der Waals surface area contributed by atoms with E-state index in [1.165, 1.54) is 12.1 Å². The lowest BCUT2D eigenvalue weighted by atomic mass is 10.0. The van der Waals surface area contributed by atoms with Gasteiger partial charge in [-0.25, -0.2) is 0 Å². The number of benzene rings is 2. The fourth-order valence-electron chi connectivity index (χ4n) is 2.49. The molecule has 25 heavy (non-hydrogen) atoms. The predicted molar refractivity (Wildman–Crippen MR) is 96.9 cm³/mol. The van der Waals surface area contributed by atoms with Gasteiger partial charge in [0.2, 0.25) is 5.88 Å². The Kier molecular flexibility index (Phi) is 4.34. The van der Waals surface area contributed by atoms with Crippen molar-refractivity contribution >= 4 is 26.6 Å². The van der Waals surface area contributed by atoms with Crippen molar-refractivity contribution in [3.05, 3.63) is 53.6 Å². The smallest absolute Gasteiger partial charge is 0.299 e. The van der Waals surface area contributed by atoms with Crippen LogP contribution in [0.2, 0.25) is 0 Å². The minimum absolute atomic E-state index is 0.0593. The molecule has 0 bridgehead atoms. The van der Waals surface area contributed by atoms with Gasteiger partial charge in [-0.3, -0.25) is 0 Å². The normalized spacial score (nSPS) is 12.5. The molecule has 1 aromatic heterocycles. The van der Waals surface area contributed by atoms with Crippen LogP contribution in [0.1, 0.15) is 30.9 Å². The summed E-state index contributed by atoms with van der Waals surface area (Å²) in [6.45, 7) is 5.97. The summed E-state index contributed by atoms with van der Waals surface area (Å²) in [5, 5.41) is 14.5. The van der Waals surface area contributed by atoms with Gasteiger partial charge in [-0.15, -0.1) is 5.11 Å². The zero-order valence-corrected chi connectivity index (χ0v) is 15.0. The van der Waals surface area contributed by atoms with E-state index in [-0.39, 0.29) is 16.5 Å². The molecule has 0 saturated heterocycles. The van der Waals surface area contributed by atoms with Gasteiger partial charge in [0.25, 0.3) is 10.0 Å². The second-order valence-electron chi connectivity index (χ2n) is 6.25. The quantitative estimate of drug-likeness (QED) is 0.658. The molecule has 0 unspecified atom stereocenters. The van der Waals surface area contributed by atoms with Gasteiger partial charge in [0.05, 0.1) is 10.4 Å². The molecule has 0 fully saturated rings. The van der Waals surface area contributed by atoms with Crippen LogP contribution in [0.4, 0.5) is 5.69 Å². The Hall–Kier alpha value is -2.67. The highest BCUT2D eigenvalue weighted by atomic mass is 32.2. The van der Waals surface area contributed by atoms with Crippen molar-refractivity contribution in [1.82, 2.24) is 4.98 Å². The molecule has 3 rings (SSSR count). The first kappa shape index (κ1) is 17.2. The molecule has 2 N–H and O–H groups in total. The number of aromatic amines is 1. The average molecular weight is 357 g/mol. The number of aryl methyl sites for hydroxylation is 1. The highest BCUT2D eigenvalue weighted by molar-refractivity contribution is 7.90. The van der Waals surface area contributed by atoms with Gasteiger partial charge in [0.15, 0.2) is 5.69 Å². The third-order valence-corrected chi connectivity index (χ3v) is 5.17. The summed E-state index contributed by atoms with van der Waals surface area (Å²) in [6, 6.07) is 12.0. The van der Waals surface area contributed by atoms with Gasteiger partial charge in [-0.05, 0) is 42.7 Å². The first-order valence-electron chi connectivity index (χ1n) is 7.87. The maximum atomic E-state index is 12.3. The lowest BCUT2D eigenvalue weighted by molar-refractivity contribution is 0.459. The first-order chi connectivity index (χ1) is 11.8. The van der Waals surface area contributed by atoms with Crippen LogP contribution < -0.4 is 0 Å². The second kappa shape index (κ2) is 6.33. The SMILES string of the molecule is Cc1ccc(S(=O)(=O)N=Nc2c(O)[nH]c3ccc(C(C)C)cc23)cc1. The number of aromatic nitrogens is 1. The van der Waals surface area contributed by atoms with Crippen molar-refractivity contribution in [1.29, 1.82) is 0 Å². The van der Waals surface area contributed by atoms with E-state index in [4.69, 9.17) is 0 Å². The fraction of sp³-hybridized carbons (Fsp3) is 0.222. The van der Waals surface area contributed by atoms with E-state index in [1.54, 1.807) is 12.1 Å². The minimum Gasteiger partial charge on any atom is -0.493 e. The molecule has 6 nitrogen and oxygen atoms in total. The second-order valence-corrected chi connectivity index (χ2v) is 7.84. The summed E-state index contributed by atoms with van der Waals surface area (Å²) in [4.78, 5) is 2.84. The Bertz CT molecular complexity index is 1050. The summed E-state index contributed by atoms with van der Waals surface area (Å²) in [6.07, 6.45) is 0. The van der Waals surface area contributed by atoms with Crippen LogP contribution in [0, 0.1) is 6.92 Å². The molecule has 0 atom stereocenters. The topological polar surface area (TPSA) is 94.9 Å². The molecular formula is C18H19N3O3S. The summed E-state index contributed by atoms with van der Waals surface area (Å²) in [5.74, 6) is 0.0845. The maximum absolute atomic E-state index is 12.3. The number of aromatic hydroxyl groups is 1. The number of fused-ring (bicyclic) bond motifs is 1. The Morgan fingerprint density at radius 2 is 1.76 bits per heavy atom. The van der Waals surface area contributed by atoms with E-state index in [0.717, 1.165) is 11.1 Å². The summed E-state index contributed by atoms with van der Waals surface area (Å²) in [5.41, 5.74) is 2.80. The summed E-state index contributed by atoms with van der Waals surface area (Å²) >= 11 is 0. The van der Waals surface area contributed by atoms with Crippen molar-refractivity contribution in [2.45, 2.75) is 31.6 Å². The fourth-order valence-corrected chi connectivity index (χ4v) is 3.26. The molecule has 130 valence electrons. The molecule has 3 aromatic rings. The monoisotopic (exact) mass is 357 g/mol. The van der Waals surface area contributed by atoms with Crippen LogP contribution in [0.25, 0.3) is 10.9 Å². The maximum Gasteiger partial charge on any atom is 0.299 e. The zero-order valence-electron chi connectivity index (χ0n) is 14.2. The van der Waals surface area contributed by atoms with Gasteiger partial charge in [-0.1, -0.05) is 42.1 Å². The highest BCUT2D eigenvalue weighted by Gasteiger charge is 2.16. The van der Waals surface area contributed by atoms with Crippen LogP contribution in [-0.2, 0) is 10.0 Å². The lowest BCUT2D eigenvalue weighted by Gasteiger charge is -2.04. The zero-order chi connectivity index (χ0) is 18.2. The molecule has 0 aliphatic carbocycles. The van der Waals surface area contributed by atoms with Crippen LogP contribution in [0.3, 0.4) is 0 Å². The molecule has 7 heteroatoms. The Morgan fingerprint density at radius 1 is 1.08 bits per heavy atom. The summed E-state index contributed by atoms with van der Waals surface area (Å²) in [7, 11) is -3.93. The Balaban J connectivity index is 2.04. The van der Waals surface area contributed by atoms with Gasteiger partial charge in [0.1, 0.15) is 0 Å². The highest BCUT2D eigenvalue weighted by Crippen LogP contribution is 2.37. The van der Waals surface area contributed by atoms with Crippen LogP contribution >= 0.6 is 0 Å². The molecule has 0 saturated carbocycles. The molecule has 1 heterocycles. The van der Waals surface area contributed by atoms with E-state index in [0.29, 0.717) is 16.8 Å². The van der Waals surface area contributed by atoms with Crippen LogP contribution in [-0.4, -0.2) is 18.5 Å². The van der Waals surface area contributed by atoms with Gasteiger partial charge < -0.3 is 10.1 Å². The van der Waals surface area contributed by atoms with Gasteiger partial charge in [-0.2, -0.15) is 8.42 Å². The number of nitrogens with one attached hydrogen (secondary N) is 1. The number of H-pyrrole nitrogens is 1. The predicted octanol–water partition coefficient (Wildman–Crippen LogP) is 4.78. The Labute approximate surface area is 146 Å². The number of sulfonamides is 1. The molecule has 0 amide bonds. The van der Waals surface area contributed by atoms with Crippen molar-refractivity contribution < 1.29 is 13.5 Å². The van der Waals surface area contributed by atoms with Gasteiger partial charge >= 0.3 is 0 Å². The van der Waals surface area contributed by atoms with E-state index in [2.05, 4.69) is 28.5 Å². The van der Waals surface area contributed by atoms with E-state index < -0.39 is 10.0 Å². The molecule has 0 radical (unpaired) electrons. The van der Waals surface area contributed by atoms with Crippen LogP contribution in [0.15, 0.2) is 57.0 Å². The van der Waals surface area contributed by atoms with E-state index >= 15 is 0 Å². The largest absolute Gasteiger partial charge is 0.493 e. The van der Waals surface area contributed by atoms with Crippen molar-refractivity contribution in [3.63, 3.8) is 0 Å². The molecule has 0 spiro atoms. The van der Waals surface area contributed by atoms with Crippen molar-refractivity contribution in [2.75, 3.05) is 0 Å². The molecular weight excluding hydrogens is 338 g/mol. The van der Waals surface area contributed by atoms with Gasteiger partial charge in [0, 0.05) is 5.39 Å². The third kappa shape index (κ3) is 3.41. The molecule has 0 aliphatic heterocycles. The molecule has 0 aliphatic rings. The molecule has 2 aromatic carbocycles. The number of rotatable bonds is 4.